The van der Waals surface area contributed by atoms with Crippen molar-refractivity contribution in [3.63, 3.8) is 0 Å². The van der Waals surface area contributed by atoms with Crippen LogP contribution in [-0.2, 0) is 11.2 Å². The van der Waals surface area contributed by atoms with E-state index in [1.165, 1.54) is 5.56 Å². The highest BCUT2D eigenvalue weighted by Gasteiger charge is 2.26. The Morgan fingerprint density at radius 2 is 1.90 bits per heavy atom. The molecule has 4 heterocycles. The first-order valence-electron chi connectivity index (χ1n) is 11.2. The van der Waals surface area contributed by atoms with Gasteiger partial charge in [0.05, 0.1) is 30.3 Å². The fourth-order valence-corrected chi connectivity index (χ4v) is 4.88. The predicted octanol–water partition coefficient (Wildman–Crippen LogP) is 3.58. The third kappa shape index (κ3) is 4.54. The number of aromatic nitrogens is 4. The van der Waals surface area contributed by atoms with E-state index in [1.807, 2.05) is 6.20 Å². The molecular weight excluding hydrogens is 412 g/mol. The molecule has 31 heavy (non-hydrogen) atoms. The molecule has 0 spiro atoms. The van der Waals surface area contributed by atoms with Crippen LogP contribution >= 0.6 is 11.6 Å². The Morgan fingerprint density at radius 1 is 1.10 bits per heavy atom. The molecule has 5 rings (SSSR count). The molecule has 1 unspecified atom stereocenters. The highest BCUT2D eigenvalue weighted by atomic mass is 35.5. The van der Waals surface area contributed by atoms with E-state index in [9.17, 15) is 0 Å². The van der Waals surface area contributed by atoms with Gasteiger partial charge in [-0.3, -0.25) is 0 Å². The predicted molar refractivity (Wildman–Crippen MR) is 123 cm³/mol. The highest BCUT2D eigenvalue weighted by molar-refractivity contribution is 6.28. The van der Waals surface area contributed by atoms with Gasteiger partial charge in [0, 0.05) is 32.7 Å². The van der Waals surface area contributed by atoms with Crippen molar-refractivity contribution in [2.24, 2.45) is 0 Å². The lowest BCUT2D eigenvalue weighted by Crippen LogP contribution is -2.41. The molecule has 0 N–H and O–H groups in total. The van der Waals surface area contributed by atoms with E-state index in [0.29, 0.717) is 12.6 Å². The average Bonchev–Trinajstić information content (AvgIpc) is 3.22. The minimum atomic E-state index is 0.174. The molecule has 2 aromatic heterocycles. The number of anilines is 1. The van der Waals surface area contributed by atoms with Gasteiger partial charge in [0.2, 0.25) is 5.28 Å². The summed E-state index contributed by atoms with van der Waals surface area (Å²) in [4.78, 5) is 13.9. The number of morpholine rings is 1. The summed E-state index contributed by atoms with van der Waals surface area (Å²) < 4.78 is 7.76. The van der Waals surface area contributed by atoms with Crippen molar-refractivity contribution in [3.8, 4) is 0 Å². The molecule has 0 bridgehead atoms. The zero-order valence-electron chi connectivity index (χ0n) is 18.0. The van der Waals surface area contributed by atoms with Crippen LogP contribution in [0.4, 0.5) is 5.82 Å². The van der Waals surface area contributed by atoms with Crippen LogP contribution in [0.15, 0.2) is 36.5 Å². The van der Waals surface area contributed by atoms with E-state index in [-0.39, 0.29) is 11.4 Å². The number of likely N-dealkylation sites (tertiary alicyclic amines) is 1. The van der Waals surface area contributed by atoms with Crippen LogP contribution in [0.25, 0.3) is 11.0 Å². The van der Waals surface area contributed by atoms with Crippen LogP contribution in [0.1, 0.15) is 31.4 Å². The normalized spacial score (nSPS) is 21.1. The van der Waals surface area contributed by atoms with Crippen molar-refractivity contribution >= 4 is 28.5 Å². The summed E-state index contributed by atoms with van der Waals surface area (Å²) in [7, 11) is 0. The van der Waals surface area contributed by atoms with Crippen LogP contribution in [0, 0.1) is 0 Å². The molecule has 0 aliphatic carbocycles. The molecule has 1 aromatic carbocycles. The highest BCUT2D eigenvalue weighted by Crippen LogP contribution is 2.31. The van der Waals surface area contributed by atoms with E-state index in [1.54, 1.807) is 0 Å². The lowest BCUT2D eigenvalue weighted by atomic mass is 10.0. The molecule has 0 radical (unpaired) electrons. The third-order valence-electron chi connectivity index (χ3n) is 6.41. The third-order valence-corrected chi connectivity index (χ3v) is 6.58. The maximum absolute atomic E-state index is 6.34. The van der Waals surface area contributed by atoms with Gasteiger partial charge in [-0.1, -0.05) is 30.3 Å². The quantitative estimate of drug-likeness (QED) is 0.565. The first kappa shape index (κ1) is 20.7. The first-order valence-corrected chi connectivity index (χ1v) is 11.6. The Bertz CT molecular complexity index is 1020. The molecule has 2 aliphatic rings. The Balaban J connectivity index is 1.29. The average molecular weight is 441 g/mol. The Hall–Kier alpha value is -2.22. The van der Waals surface area contributed by atoms with Crippen LogP contribution in [0.5, 0.6) is 0 Å². The summed E-state index contributed by atoms with van der Waals surface area (Å²) >= 11 is 6.34. The number of fused-ring (bicyclic) bond motifs is 1. The molecule has 0 saturated carbocycles. The van der Waals surface area contributed by atoms with Crippen molar-refractivity contribution in [1.29, 1.82) is 0 Å². The molecular formula is C23H29ClN6O. The molecule has 8 heteroatoms. The van der Waals surface area contributed by atoms with Gasteiger partial charge in [0.15, 0.2) is 5.65 Å². The smallest absolute Gasteiger partial charge is 0.226 e. The molecule has 2 fully saturated rings. The number of rotatable bonds is 5. The molecule has 2 saturated heterocycles. The zero-order chi connectivity index (χ0) is 21.2. The van der Waals surface area contributed by atoms with Gasteiger partial charge in [-0.05, 0) is 43.4 Å². The van der Waals surface area contributed by atoms with Crippen LogP contribution in [0.2, 0.25) is 5.28 Å². The number of halogens is 1. The standard InChI is InChI=1S/C23H29ClN6O/c1-17-16-29(13-14-31-17)21-20-15-25-30(22(20)27-23(24)26-21)19-8-11-28(12-9-19)10-7-18-5-3-2-4-6-18/h2-6,15,17,19H,7-14,16H2,1H3. The van der Waals surface area contributed by atoms with E-state index in [0.717, 1.165) is 68.8 Å². The Morgan fingerprint density at radius 3 is 2.68 bits per heavy atom. The SMILES string of the molecule is CC1CN(c2nc(Cl)nc3c2cnn3C2CCN(CCc3ccccc3)CC2)CCO1. The van der Waals surface area contributed by atoms with Crippen LogP contribution < -0.4 is 4.90 Å². The monoisotopic (exact) mass is 440 g/mol. The first-order chi connectivity index (χ1) is 15.2. The van der Waals surface area contributed by atoms with Gasteiger partial charge < -0.3 is 14.5 Å². The lowest BCUT2D eigenvalue weighted by Gasteiger charge is -2.33. The minimum absolute atomic E-state index is 0.174. The summed E-state index contributed by atoms with van der Waals surface area (Å²) in [6.07, 6.45) is 5.31. The second-order valence-electron chi connectivity index (χ2n) is 8.58. The molecule has 1 atom stereocenters. The minimum Gasteiger partial charge on any atom is -0.375 e. The van der Waals surface area contributed by atoms with E-state index in [2.05, 4.69) is 61.7 Å². The van der Waals surface area contributed by atoms with Gasteiger partial charge in [-0.15, -0.1) is 0 Å². The number of ether oxygens (including phenoxy) is 1. The van der Waals surface area contributed by atoms with Crippen molar-refractivity contribution in [3.05, 3.63) is 47.4 Å². The van der Waals surface area contributed by atoms with Gasteiger partial charge >= 0.3 is 0 Å². The van der Waals surface area contributed by atoms with Crippen molar-refractivity contribution < 1.29 is 4.74 Å². The topological polar surface area (TPSA) is 59.3 Å². The fraction of sp³-hybridized carbons (Fsp3) is 0.522. The molecule has 164 valence electrons. The van der Waals surface area contributed by atoms with Gasteiger partial charge in [0.25, 0.3) is 0 Å². The lowest BCUT2D eigenvalue weighted by molar-refractivity contribution is 0.0530. The molecule has 0 amide bonds. The Labute approximate surface area is 188 Å². The fourth-order valence-electron chi connectivity index (χ4n) is 4.72. The molecule has 7 nitrogen and oxygen atoms in total. The van der Waals surface area contributed by atoms with Gasteiger partial charge in [-0.25, -0.2) is 4.68 Å². The van der Waals surface area contributed by atoms with Gasteiger partial charge in [0.1, 0.15) is 5.82 Å². The van der Waals surface area contributed by atoms with E-state index < -0.39 is 0 Å². The summed E-state index contributed by atoms with van der Waals surface area (Å²) in [6.45, 7) is 7.63. The van der Waals surface area contributed by atoms with E-state index >= 15 is 0 Å². The number of hydrogen-bond acceptors (Lipinski definition) is 6. The second kappa shape index (κ2) is 9.10. The number of piperidine rings is 1. The number of nitrogens with zero attached hydrogens (tertiary/aromatic N) is 6. The number of hydrogen-bond donors (Lipinski definition) is 0. The summed E-state index contributed by atoms with van der Waals surface area (Å²) in [5.74, 6) is 0.872. The Kier molecular flexibility index (Phi) is 6.07. The summed E-state index contributed by atoms with van der Waals surface area (Å²) in [6, 6.07) is 11.1. The molecule has 2 aliphatic heterocycles. The van der Waals surface area contributed by atoms with Gasteiger partial charge in [-0.2, -0.15) is 15.1 Å². The zero-order valence-corrected chi connectivity index (χ0v) is 18.7. The largest absolute Gasteiger partial charge is 0.375 e. The van der Waals surface area contributed by atoms with E-state index in [4.69, 9.17) is 21.4 Å². The summed E-state index contributed by atoms with van der Waals surface area (Å²) in [5, 5.41) is 5.99. The van der Waals surface area contributed by atoms with Crippen molar-refractivity contribution in [2.75, 3.05) is 44.2 Å². The van der Waals surface area contributed by atoms with Crippen molar-refractivity contribution in [2.45, 2.75) is 38.3 Å². The van der Waals surface area contributed by atoms with Crippen molar-refractivity contribution in [1.82, 2.24) is 24.6 Å². The summed E-state index contributed by atoms with van der Waals surface area (Å²) in [5.41, 5.74) is 2.25. The maximum atomic E-state index is 6.34. The maximum Gasteiger partial charge on any atom is 0.226 e. The number of benzene rings is 1. The van der Waals surface area contributed by atoms with Crippen LogP contribution in [0.3, 0.4) is 0 Å². The molecule has 3 aromatic rings. The van der Waals surface area contributed by atoms with Crippen LogP contribution in [-0.4, -0.2) is 70.1 Å². The second-order valence-corrected chi connectivity index (χ2v) is 8.92.